The van der Waals surface area contributed by atoms with Crippen LogP contribution in [0.1, 0.15) is 0 Å². The first-order valence-corrected chi connectivity index (χ1v) is 1.79. The maximum absolute atomic E-state index is 9.97. The molecule has 0 aromatic carbocycles. The summed E-state index contributed by atoms with van der Waals surface area (Å²) in [6.45, 7) is 0. The number of amides is 1. The Hall–Kier alpha value is -1.46. The molecule has 0 saturated carbocycles. The summed E-state index contributed by atoms with van der Waals surface area (Å²) in [4.78, 5) is 10.6. The predicted molar refractivity (Wildman–Crippen MR) is 21.7 cm³/mol. The largest absolute Gasteiger partial charge is 0.379 e. The molecular weight excluding hydrogens is 110 g/mol. The first-order valence-electron chi connectivity index (χ1n) is 1.79. The van der Waals surface area contributed by atoms with Crippen molar-refractivity contribution in [3.63, 3.8) is 0 Å². The summed E-state index contributed by atoms with van der Waals surface area (Å²) < 4.78 is 0. The van der Waals surface area contributed by atoms with Gasteiger partial charge in [0, 0.05) is 0 Å². The molecule has 1 rings (SSSR count). The maximum atomic E-state index is 9.97. The lowest BCUT2D eigenvalue weighted by Gasteiger charge is -1.80. The van der Waals surface area contributed by atoms with E-state index in [1.165, 1.54) is 0 Å². The van der Waals surface area contributed by atoms with Crippen molar-refractivity contribution in [2.75, 3.05) is 0 Å². The van der Waals surface area contributed by atoms with Gasteiger partial charge in [-0.15, -0.1) is 10.2 Å². The van der Waals surface area contributed by atoms with Crippen LogP contribution >= 0.6 is 0 Å². The molecule has 1 heterocycles. The minimum atomic E-state index is -0.984. The van der Waals surface area contributed by atoms with Gasteiger partial charge in [-0.1, -0.05) is 4.80 Å². The molecule has 0 unspecified atom stereocenters. The highest BCUT2D eigenvalue weighted by molar-refractivity contribution is 5.71. The van der Waals surface area contributed by atoms with Crippen molar-refractivity contribution in [2.45, 2.75) is 0 Å². The SMILES string of the molecule is [NH]C(=O)n1ncnn1. The van der Waals surface area contributed by atoms with E-state index in [0.29, 0.717) is 4.80 Å². The van der Waals surface area contributed by atoms with Gasteiger partial charge in [0.1, 0.15) is 0 Å². The molecule has 41 valence electrons. The van der Waals surface area contributed by atoms with Crippen molar-refractivity contribution in [3.8, 4) is 0 Å². The zero-order valence-corrected chi connectivity index (χ0v) is 3.77. The summed E-state index contributed by atoms with van der Waals surface area (Å²) in [7, 11) is 0. The van der Waals surface area contributed by atoms with E-state index in [1.54, 1.807) is 0 Å². The molecule has 1 N–H and O–H groups in total. The van der Waals surface area contributed by atoms with Crippen LogP contribution in [0.15, 0.2) is 6.33 Å². The number of tetrazole rings is 1. The van der Waals surface area contributed by atoms with Crippen LogP contribution in [0.2, 0.25) is 0 Å². The third-order valence-electron chi connectivity index (χ3n) is 0.531. The lowest BCUT2D eigenvalue weighted by molar-refractivity contribution is 0.242. The lowest BCUT2D eigenvalue weighted by atomic mass is 11.1. The van der Waals surface area contributed by atoms with Crippen LogP contribution in [0, 0.1) is 0 Å². The summed E-state index contributed by atoms with van der Waals surface area (Å²) in [6.07, 6.45) is 1.09. The van der Waals surface area contributed by atoms with Gasteiger partial charge in [0.05, 0.1) is 0 Å². The minimum absolute atomic E-state index is 0.583. The smallest absolute Gasteiger partial charge is 0.244 e. The number of aromatic nitrogens is 4. The third kappa shape index (κ3) is 0.625. The molecule has 1 aromatic rings. The summed E-state index contributed by atoms with van der Waals surface area (Å²) in [6, 6.07) is -0.984. The fourth-order valence-corrected chi connectivity index (χ4v) is 0.260. The number of carbonyl (C=O) groups is 1. The Labute approximate surface area is 44.3 Å². The summed E-state index contributed by atoms with van der Waals surface area (Å²) in [5, 5.41) is 9.61. The van der Waals surface area contributed by atoms with Crippen molar-refractivity contribution < 1.29 is 4.79 Å². The maximum Gasteiger partial charge on any atom is 0.379 e. The Morgan fingerprint density at radius 2 is 2.50 bits per heavy atom. The molecule has 1 aromatic heterocycles. The van der Waals surface area contributed by atoms with Gasteiger partial charge in [-0.05, 0) is 5.21 Å². The predicted octanol–water partition coefficient (Wildman–Crippen LogP) is -1.08. The zero-order valence-electron chi connectivity index (χ0n) is 3.77. The van der Waals surface area contributed by atoms with Crippen LogP contribution in [-0.4, -0.2) is 26.2 Å². The molecule has 0 spiro atoms. The summed E-state index contributed by atoms with van der Waals surface area (Å²) >= 11 is 0. The van der Waals surface area contributed by atoms with E-state index in [2.05, 4.69) is 15.4 Å². The third-order valence-corrected chi connectivity index (χ3v) is 0.531. The van der Waals surface area contributed by atoms with Gasteiger partial charge in [0.2, 0.25) is 0 Å². The lowest BCUT2D eigenvalue weighted by Crippen LogP contribution is -2.13. The molecule has 0 atom stereocenters. The van der Waals surface area contributed by atoms with Crippen LogP contribution in [0.25, 0.3) is 0 Å². The van der Waals surface area contributed by atoms with E-state index in [-0.39, 0.29) is 0 Å². The fourth-order valence-electron chi connectivity index (χ4n) is 0.260. The molecule has 0 saturated heterocycles. The molecule has 0 bridgehead atoms. The van der Waals surface area contributed by atoms with Gasteiger partial charge in [-0.25, -0.2) is 10.5 Å². The normalized spacial score (nSPS) is 9.00. The van der Waals surface area contributed by atoms with Crippen molar-refractivity contribution in [1.29, 1.82) is 0 Å². The van der Waals surface area contributed by atoms with E-state index in [9.17, 15) is 4.79 Å². The molecule has 0 aliphatic carbocycles. The molecule has 6 heteroatoms. The van der Waals surface area contributed by atoms with Crippen molar-refractivity contribution in [2.24, 2.45) is 0 Å². The van der Waals surface area contributed by atoms with E-state index < -0.39 is 6.03 Å². The van der Waals surface area contributed by atoms with Crippen molar-refractivity contribution in [3.05, 3.63) is 6.33 Å². The van der Waals surface area contributed by atoms with Gasteiger partial charge in [0.25, 0.3) is 0 Å². The fraction of sp³-hybridized carbons (Fsp3) is 0. The topological polar surface area (TPSA) is 84.5 Å². The Bertz CT molecular complexity index is 178. The highest BCUT2D eigenvalue weighted by Gasteiger charge is 1.96. The first kappa shape index (κ1) is 4.69. The quantitative estimate of drug-likeness (QED) is 0.427. The van der Waals surface area contributed by atoms with Crippen molar-refractivity contribution in [1.82, 2.24) is 25.9 Å². The molecule has 1 radical (unpaired) electrons. The summed E-state index contributed by atoms with van der Waals surface area (Å²) in [5.41, 5.74) is 6.39. The number of hydrogen-bond acceptors (Lipinski definition) is 4. The van der Waals surface area contributed by atoms with Crippen LogP contribution in [-0.2, 0) is 0 Å². The second-order valence-electron chi connectivity index (χ2n) is 1.03. The second kappa shape index (κ2) is 1.57. The molecule has 0 fully saturated rings. The number of hydrogen-bond donors (Lipinski definition) is 0. The molecule has 1 amide bonds. The number of nitrogens with zero attached hydrogens (tertiary/aromatic N) is 4. The zero-order chi connectivity index (χ0) is 5.98. The Morgan fingerprint density at radius 1 is 1.75 bits per heavy atom. The Kier molecular flexibility index (Phi) is 0.918. The standard InChI is InChI=1S/C2H2N5O/c3-2(8)7-5-1-4-6-7/h1,3H. The Balaban J connectivity index is 2.93. The monoisotopic (exact) mass is 112 g/mol. The van der Waals surface area contributed by atoms with E-state index in [4.69, 9.17) is 5.73 Å². The highest BCUT2D eigenvalue weighted by Crippen LogP contribution is 1.68. The molecule has 0 aliphatic heterocycles. The van der Waals surface area contributed by atoms with Crippen LogP contribution in [0.3, 0.4) is 0 Å². The highest BCUT2D eigenvalue weighted by atomic mass is 16.2. The number of carbonyl (C=O) groups excluding carboxylic acids is 1. The van der Waals surface area contributed by atoms with Gasteiger partial charge in [-0.2, -0.15) is 0 Å². The molecule has 0 aliphatic rings. The summed E-state index contributed by atoms with van der Waals surface area (Å²) in [5.74, 6) is 0. The van der Waals surface area contributed by atoms with Gasteiger partial charge < -0.3 is 0 Å². The van der Waals surface area contributed by atoms with Crippen LogP contribution in [0.4, 0.5) is 4.79 Å². The Morgan fingerprint density at radius 3 is 2.75 bits per heavy atom. The average Bonchev–Trinajstić information content (AvgIpc) is 2.12. The average molecular weight is 112 g/mol. The van der Waals surface area contributed by atoms with Gasteiger partial charge in [0.15, 0.2) is 6.33 Å². The number of rotatable bonds is 0. The second-order valence-corrected chi connectivity index (χ2v) is 1.03. The molecule has 6 nitrogen and oxygen atoms in total. The van der Waals surface area contributed by atoms with Crippen LogP contribution in [0.5, 0.6) is 0 Å². The van der Waals surface area contributed by atoms with Crippen molar-refractivity contribution >= 4 is 6.03 Å². The van der Waals surface area contributed by atoms with Gasteiger partial charge >= 0.3 is 6.03 Å². The van der Waals surface area contributed by atoms with E-state index >= 15 is 0 Å². The first-order chi connectivity index (χ1) is 3.80. The van der Waals surface area contributed by atoms with Gasteiger partial charge in [-0.3, -0.25) is 0 Å². The van der Waals surface area contributed by atoms with E-state index in [0.717, 1.165) is 6.33 Å². The molecular formula is C2H2N5O. The molecule has 8 heavy (non-hydrogen) atoms. The number of nitrogens with one attached hydrogen (secondary N) is 1. The van der Waals surface area contributed by atoms with Crippen LogP contribution < -0.4 is 5.73 Å². The van der Waals surface area contributed by atoms with E-state index in [1.807, 2.05) is 0 Å². The minimum Gasteiger partial charge on any atom is -0.244 e.